The van der Waals surface area contributed by atoms with E-state index in [0.29, 0.717) is 35.7 Å². The Bertz CT molecular complexity index is 1140. The van der Waals surface area contributed by atoms with Crippen LogP contribution < -0.4 is 10.6 Å². The quantitative estimate of drug-likeness (QED) is 0.700. The number of anilines is 2. The monoisotopic (exact) mass is 420 g/mol. The lowest BCUT2D eigenvalue weighted by atomic mass is 9.96. The highest BCUT2D eigenvalue weighted by Gasteiger charge is 2.24. The third-order valence-corrected chi connectivity index (χ3v) is 6.10. The number of nitrogens with two attached hydrogens (primary N) is 1. The summed E-state index contributed by atoms with van der Waals surface area (Å²) in [7, 11) is 0. The van der Waals surface area contributed by atoms with E-state index in [1.807, 2.05) is 24.3 Å². The van der Waals surface area contributed by atoms with Crippen molar-refractivity contribution in [2.45, 2.75) is 12.8 Å². The molecule has 2 N–H and O–H groups in total. The van der Waals surface area contributed by atoms with E-state index in [4.69, 9.17) is 10.5 Å². The fraction of sp³-hybridized carbons (Fsp3) is 0.333. The molecule has 160 valence electrons. The van der Waals surface area contributed by atoms with Gasteiger partial charge >= 0.3 is 0 Å². The van der Waals surface area contributed by atoms with E-state index in [1.54, 1.807) is 17.0 Å². The zero-order chi connectivity index (χ0) is 21.4. The van der Waals surface area contributed by atoms with Crippen molar-refractivity contribution in [1.29, 1.82) is 0 Å². The number of carbonyl (C=O) groups is 1. The van der Waals surface area contributed by atoms with Crippen LogP contribution in [0.4, 0.5) is 15.9 Å². The number of carbonyl (C=O) groups excluding carboxylic acids is 1. The summed E-state index contributed by atoms with van der Waals surface area (Å²) < 4.78 is 20.4. The van der Waals surface area contributed by atoms with E-state index in [9.17, 15) is 9.18 Å². The molecule has 5 rings (SSSR count). The van der Waals surface area contributed by atoms with Gasteiger partial charge in [-0.15, -0.1) is 0 Å². The first-order valence-electron chi connectivity index (χ1n) is 10.7. The normalized spacial score (nSPS) is 16.8. The van der Waals surface area contributed by atoms with Crippen LogP contribution in [0.25, 0.3) is 22.0 Å². The smallest absolute Gasteiger partial charge is 0.254 e. The van der Waals surface area contributed by atoms with Gasteiger partial charge in [-0.3, -0.25) is 4.79 Å². The summed E-state index contributed by atoms with van der Waals surface area (Å²) in [5.74, 6) is -0.0457. The number of ether oxygens (including phenoxy) is 1. The molecule has 2 aromatic carbocycles. The average molecular weight is 420 g/mol. The number of likely N-dealkylation sites (tertiary alicyclic amines) is 1. The lowest BCUT2D eigenvalue weighted by Gasteiger charge is -2.29. The molecule has 2 aliphatic heterocycles. The third kappa shape index (κ3) is 3.70. The van der Waals surface area contributed by atoms with Gasteiger partial charge in [0.05, 0.1) is 30.0 Å². The van der Waals surface area contributed by atoms with Gasteiger partial charge in [-0.1, -0.05) is 12.1 Å². The number of amides is 1. The number of morpholine rings is 1. The maximum Gasteiger partial charge on any atom is 0.254 e. The highest BCUT2D eigenvalue weighted by Crippen LogP contribution is 2.33. The molecule has 1 amide bonds. The largest absolute Gasteiger partial charge is 0.382 e. The molecule has 0 atom stereocenters. The minimum Gasteiger partial charge on any atom is -0.382 e. The molecule has 3 aromatic rings. The molecular weight excluding hydrogens is 395 g/mol. The fourth-order valence-electron chi connectivity index (χ4n) is 4.48. The number of halogens is 1. The summed E-state index contributed by atoms with van der Waals surface area (Å²) in [6.45, 7) is 4.23. The second kappa shape index (κ2) is 8.15. The van der Waals surface area contributed by atoms with Crippen molar-refractivity contribution >= 4 is 28.3 Å². The highest BCUT2D eigenvalue weighted by atomic mass is 19.1. The van der Waals surface area contributed by atoms with Gasteiger partial charge in [0.1, 0.15) is 11.6 Å². The summed E-state index contributed by atoms with van der Waals surface area (Å²) in [5.41, 5.74) is 9.21. The molecule has 0 spiro atoms. The van der Waals surface area contributed by atoms with Gasteiger partial charge in [0, 0.05) is 37.1 Å². The molecule has 2 fully saturated rings. The zero-order valence-electron chi connectivity index (χ0n) is 17.3. The maximum absolute atomic E-state index is 15.0. The second-order valence-electron chi connectivity index (χ2n) is 8.06. The molecule has 0 bridgehead atoms. The van der Waals surface area contributed by atoms with Crippen molar-refractivity contribution in [2.24, 2.45) is 0 Å². The molecule has 3 heterocycles. The molecular formula is C24H25FN4O2. The van der Waals surface area contributed by atoms with Crippen LogP contribution in [0.15, 0.2) is 42.5 Å². The Balaban J connectivity index is 1.59. The van der Waals surface area contributed by atoms with Crippen LogP contribution in [-0.2, 0) is 4.74 Å². The Morgan fingerprint density at radius 2 is 1.81 bits per heavy atom. The van der Waals surface area contributed by atoms with E-state index >= 15 is 0 Å². The predicted octanol–water partition coefficient (Wildman–Crippen LogP) is 3.70. The number of nitrogen functional groups attached to an aromatic ring is 1. The molecule has 0 saturated carbocycles. The standard InChI is InChI=1S/C24H25FN4O2/c25-19-5-3-4-18(24(30)29-8-1-2-9-29)22(19)16-6-7-20-17(14-16)15-21(23(26)27-20)28-10-12-31-13-11-28/h3-7,14-15H,1-2,8-13H2,(H2,26,27). The molecule has 2 aliphatic rings. The van der Waals surface area contributed by atoms with Crippen molar-refractivity contribution in [2.75, 3.05) is 50.0 Å². The van der Waals surface area contributed by atoms with Gasteiger partial charge in [-0.05, 0) is 48.7 Å². The maximum atomic E-state index is 15.0. The van der Waals surface area contributed by atoms with Crippen LogP contribution in [0.2, 0.25) is 0 Å². The number of aromatic nitrogens is 1. The van der Waals surface area contributed by atoms with E-state index in [2.05, 4.69) is 9.88 Å². The van der Waals surface area contributed by atoms with E-state index < -0.39 is 5.82 Å². The van der Waals surface area contributed by atoms with Crippen LogP contribution in [-0.4, -0.2) is 55.2 Å². The topological polar surface area (TPSA) is 71.7 Å². The van der Waals surface area contributed by atoms with E-state index in [0.717, 1.165) is 55.6 Å². The Morgan fingerprint density at radius 1 is 1.03 bits per heavy atom. The van der Waals surface area contributed by atoms with Crippen LogP contribution in [0, 0.1) is 5.82 Å². The number of hydrogen-bond acceptors (Lipinski definition) is 5. The predicted molar refractivity (Wildman–Crippen MR) is 120 cm³/mol. The van der Waals surface area contributed by atoms with Gasteiger partial charge < -0.3 is 20.3 Å². The van der Waals surface area contributed by atoms with E-state index in [1.165, 1.54) is 6.07 Å². The van der Waals surface area contributed by atoms with Gasteiger partial charge in [-0.25, -0.2) is 9.37 Å². The molecule has 2 saturated heterocycles. The van der Waals surface area contributed by atoms with Crippen LogP contribution in [0.3, 0.4) is 0 Å². The highest BCUT2D eigenvalue weighted by molar-refractivity contribution is 6.02. The van der Waals surface area contributed by atoms with Crippen molar-refractivity contribution < 1.29 is 13.9 Å². The summed E-state index contributed by atoms with van der Waals surface area (Å²) in [6, 6.07) is 12.2. The van der Waals surface area contributed by atoms with Crippen molar-refractivity contribution in [3.63, 3.8) is 0 Å². The van der Waals surface area contributed by atoms with Crippen LogP contribution in [0.5, 0.6) is 0 Å². The third-order valence-electron chi connectivity index (χ3n) is 6.10. The minimum atomic E-state index is -0.402. The van der Waals surface area contributed by atoms with Crippen molar-refractivity contribution in [3.05, 3.63) is 53.8 Å². The van der Waals surface area contributed by atoms with Gasteiger partial charge in [0.2, 0.25) is 0 Å². The zero-order valence-corrected chi connectivity index (χ0v) is 17.3. The summed E-state index contributed by atoms with van der Waals surface area (Å²) >= 11 is 0. The number of pyridine rings is 1. The van der Waals surface area contributed by atoms with Gasteiger partial charge in [-0.2, -0.15) is 0 Å². The number of rotatable bonds is 3. The van der Waals surface area contributed by atoms with Gasteiger partial charge in [0.25, 0.3) is 5.91 Å². The first-order valence-corrected chi connectivity index (χ1v) is 10.7. The Hall–Kier alpha value is -3.19. The Morgan fingerprint density at radius 3 is 2.58 bits per heavy atom. The number of benzene rings is 2. The lowest BCUT2D eigenvalue weighted by Crippen LogP contribution is -2.36. The number of hydrogen-bond donors (Lipinski definition) is 1. The first kappa shape index (κ1) is 19.8. The molecule has 31 heavy (non-hydrogen) atoms. The first-order chi connectivity index (χ1) is 15.1. The van der Waals surface area contributed by atoms with Gasteiger partial charge in [0.15, 0.2) is 0 Å². The molecule has 7 heteroatoms. The SMILES string of the molecule is Nc1nc2ccc(-c3c(F)cccc3C(=O)N3CCCC3)cc2cc1N1CCOCC1. The fourth-order valence-corrected chi connectivity index (χ4v) is 4.48. The second-order valence-corrected chi connectivity index (χ2v) is 8.06. The summed E-state index contributed by atoms with van der Waals surface area (Å²) in [4.78, 5) is 21.6. The Kier molecular flexibility index (Phi) is 5.19. The summed E-state index contributed by atoms with van der Waals surface area (Å²) in [6.07, 6.45) is 1.98. The number of fused-ring (bicyclic) bond motifs is 1. The number of nitrogens with zero attached hydrogens (tertiary/aromatic N) is 3. The lowest BCUT2D eigenvalue weighted by molar-refractivity contribution is 0.0793. The molecule has 0 radical (unpaired) electrons. The van der Waals surface area contributed by atoms with Crippen LogP contribution in [0.1, 0.15) is 23.2 Å². The molecule has 0 aliphatic carbocycles. The molecule has 1 aromatic heterocycles. The minimum absolute atomic E-state index is 0.114. The molecule has 0 unspecified atom stereocenters. The summed E-state index contributed by atoms with van der Waals surface area (Å²) in [5, 5.41) is 0.857. The average Bonchev–Trinajstić information content (AvgIpc) is 3.33. The van der Waals surface area contributed by atoms with E-state index in [-0.39, 0.29) is 5.91 Å². The molecule has 6 nitrogen and oxygen atoms in total. The van der Waals surface area contributed by atoms with Crippen LogP contribution >= 0.6 is 0 Å². The Labute approximate surface area is 180 Å². The van der Waals surface area contributed by atoms with Crippen molar-refractivity contribution in [1.82, 2.24) is 9.88 Å². The van der Waals surface area contributed by atoms with Crippen molar-refractivity contribution in [3.8, 4) is 11.1 Å².